The lowest BCUT2D eigenvalue weighted by atomic mass is 10.1. The van der Waals surface area contributed by atoms with Gasteiger partial charge in [-0.1, -0.05) is 65.7 Å². The minimum atomic E-state index is 0.00502. The highest BCUT2D eigenvalue weighted by molar-refractivity contribution is 6.30. The number of hydrogen-bond donors (Lipinski definition) is 2. The Morgan fingerprint density at radius 2 is 1.56 bits per heavy atom. The van der Waals surface area contributed by atoms with Crippen molar-refractivity contribution in [3.05, 3.63) is 100 Å². The fourth-order valence-electron chi connectivity index (χ4n) is 2.82. The Morgan fingerprint density at radius 3 is 2.26 bits per heavy atom. The Balaban J connectivity index is 1.46. The highest BCUT2D eigenvalue weighted by Crippen LogP contribution is 2.13. The number of rotatable bonds is 7. The molecule has 0 saturated heterocycles. The molecule has 0 spiro atoms. The van der Waals surface area contributed by atoms with Gasteiger partial charge in [0.05, 0.1) is 6.42 Å². The zero-order chi connectivity index (χ0) is 19.1. The molecular formula is C23H23ClN2O. The summed E-state index contributed by atoms with van der Waals surface area (Å²) in [4.78, 5) is 12.1. The number of aryl methyl sites for hydroxylation is 1. The van der Waals surface area contributed by atoms with Crippen LogP contribution in [0.15, 0.2) is 72.8 Å². The zero-order valence-corrected chi connectivity index (χ0v) is 16.1. The third kappa shape index (κ3) is 6.15. The van der Waals surface area contributed by atoms with Crippen molar-refractivity contribution in [2.24, 2.45) is 0 Å². The Kier molecular flexibility index (Phi) is 6.50. The van der Waals surface area contributed by atoms with Crippen molar-refractivity contribution in [1.29, 1.82) is 0 Å². The fraction of sp³-hybridized carbons (Fsp3) is 0.174. The van der Waals surface area contributed by atoms with Gasteiger partial charge in [-0.3, -0.25) is 4.79 Å². The SMILES string of the molecule is Cc1cccc(CNc2ccc(CC(=O)NCc3ccc(Cl)cc3)cc2)c1. The molecule has 0 heterocycles. The van der Waals surface area contributed by atoms with E-state index in [1.807, 2.05) is 48.5 Å². The summed E-state index contributed by atoms with van der Waals surface area (Å²) in [5.41, 5.74) is 5.57. The first-order valence-corrected chi connectivity index (χ1v) is 9.36. The van der Waals surface area contributed by atoms with Crippen molar-refractivity contribution in [3.8, 4) is 0 Å². The second kappa shape index (κ2) is 9.24. The number of halogens is 1. The van der Waals surface area contributed by atoms with Crippen LogP contribution in [0.2, 0.25) is 5.02 Å². The second-order valence-electron chi connectivity index (χ2n) is 6.62. The van der Waals surface area contributed by atoms with Crippen LogP contribution < -0.4 is 10.6 Å². The number of carbonyl (C=O) groups excluding carboxylic acids is 1. The van der Waals surface area contributed by atoms with E-state index < -0.39 is 0 Å². The first-order chi connectivity index (χ1) is 13.1. The van der Waals surface area contributed by atoms with Crippen LogP contribution in [-0.4, -0.2) is 5.91 Å². The number of carbonyl (C=O) groups is 1. The maximum Gasteiger partial charge on any atom is 0.224 e. The first kappa shape index (κ1) is 19.0. The fourth-order valence-corrected chi connectivity index (χ4v) is 2.94. The maximum absolute atomic E-state index is 12.1. The van der Waals surface area contributed by atoms with E-state index in [4.69, 9.17) is 11.6 Å². The summed E-state index contributed by atoms with van der Waals surface area (Å²) >= 11 is 5.87. The first-order valence-electron chi connectivity index (χ1n) is 8.98. The third-order valence-corrected chi connectivity index (χ3v) is 4.55. The van der Waals surface area contributed by atoms with Gasteiger partial charge in [0.15, 0.2) is 0 Å². The molecule has 3 rings (SSSR count). The summed E-state index contributed by atoms with van der Waals surface area (Å²) in [6, 6.07) is 23.9. The van der Waals surface area contributed by atoms with E-state index in [1.165, 1.54) is 11.1 Å². The summed E-state index contributed by atoms with van der Waals surface area (Å²) in [5, 5.41) is 7.04. The van der Waals surface area contributed by atoms with Crippen molar-refractivity contribution in [2.75, 3.05) is 5.32 Å². The monoisotopic (exact) mass is 378 g/mol. The molecule has 27 heavy (non-hydrogen) atoms. The highest BCUT2D eigenvalue weighted by atomic mass is 35.5. The van der Waals surface area contributed by atoms with Crippen LogP contribution >= 0.6 is 11.6 Å². The molecule has 0 aliphatic carbocycles. The van der Waals surface area contributed by atoms with Crippen molar-refractivity contribution in [2.45, 2.75) is 26.4 Å². The topological polar surface area (TPSA) is 41.1 Å². The van der Waals surface area contributed by atoms with Gasteiger partial charge in [-0.25, -0.2) is 0 Å². The lowest BCUT2D eigenvalue weighted by Gasteiger charge is -2.09. The van der Waals surface area contributed by atoms with Crippen molar-refractivity contribution >= 4 is 23.2 Å². The molecule has 3 nitrogen and oxygen atoms in total. The molecule has 3 aromatic rings. The molecule has 0 atom stereocenters. The average Bonchev–Trinajstić information content (AvgIpc) is 2.67. The quantitative estimate of drug-likeness (QED) is 0.599. The van der Waals surface area contributed by atoms with E-state index >= 15 is 0 Å². The number of benzene rings is 3. The average molecular weight is 379 g/mol. The second-order valence-corrected chi connectivity index (χ2v) is 7.06. The minimum absolute atomic E-state index is 0.00502. The van der Waals surface area contributed by atoms with Gasteiger partial charge in [0.2, 0.25) is 5.91 Å². The van der Waals surface area contributed by atoms with E-state index in [0.717, 1.165) is 23.4 Å². The van der Waals surface area contributed by atoms with Crippen LogP contribution in [0.5, 0.6) is 0 Å². The van der Waals surface area contributed by atoms with Crippen molar-refractivity contribution in [1.82, 2.24) is 5.32 Å². The zero-order valence-electron chi connectivity index (χ0n) is 15.3. The number of hydrogen-bond acceptors (Lipinski definition) is 2. The Morgan fingerprint density at radius 1 is 0.852 bits per heavy atom. The molecule has 0 aliphatic rings. The third-order valence-electron chi connectivity index (χ3n) is 4.30. The molecule has 0 unspecified atom stereocenters. The predicted octanol–water partition coefficient (Wildman–Crippen LogP) is 5.12. The highest BCUT2D eigenvalue weighted by Gasteiger charge is 2.04. The molecule has 0 saturated carbocycles. The summed E-state index contributed by atoms with van der Waals surface area (Å²) in [6.07, 6.45) is 0.367. The maximum atomic E-state index is 12.1. The Labute approximate surface area is 165 Å². The van der Waals surface area contributed by atoms with E-state index in [9.17, 15) is 4.79 Å². The molecule has 1 amide bonds. The molecule has 0 bridgehead atoms. The summed E-state index contributed by atoms with van der Waals surface area (Å²) in [6.45, 7) is 3.38. The van der Waals surface area contributed by atoms with Gasteiger partial charge in [-0.15, -0.1) is 0 Å². The smallest absolute Gasteiger partial charge is 0.224 e. The van der Waals surface area contributed by atoms with Gasteiger partial charge < -0.3 is 10.6 Å². The van der Waals surface area contributed by atoms with Gasteiger partial charge in [-0.2, -0.15) is 0 Å². The standard InChI is InChI=1S/C23H23ClN2O/c1-17-3-2-4-20(13-17)16-25-22-11-7-18(8-12-22)14-23(27)26-15-19-5-9-21(24)10-6-19/h2-13,25H,14-16H2,1H3,(H,26,27). The molecule has 0 aromatic heterocycles. The van der Waals surface area contributed by atoms with Crippen LogP contribution in [0.4, 0.5) is 5.69 Å². The van der Waals surface area contributed by atoms with Crippen LogP contribution in [-0.2, 0) is 24.3 Å². The minimum Gasteiger partial charge on any atom is -0.381 e. The van der Waals surface area contributed by atoms with E-state index in [0.29, 0.717) is 18.0 Å². The Bertz CT molecular complexity index is 889. The summed E-state index contributed by atoms with van der Waals surface area (Å²) in [7, 11) is 0. The molecular weight excluding hydrogens is 356 g/mol. The number of nitrogens with one attached hydrogen (secondary N) is 2. The van der Waals surface area contributed by atoms with Gasteiger partial charge in [-0.05, 0) is 47.9 Å². The van der Waals surface area contributed by atoms with Gasteiger partial charge >= 0.3 is 0 Å². The van der Waals surface area contributed by atoms with Gasteiger partial charge in [0.1, 0.15) is 0 Å². The molecule has 3 aromatic carbocycles. The molecule has 138 valence electrons. The predicted molar refractivity (Wildman–Crippen MR) is 112 cm³/mol. The van der Waals surface area contributed by atoms with E-state index in [-0.39, 0.29) is 5.91 Å². The van der Waals surface area contributed by atoms with Gasteiger partial charge in [0, 0.05) is 23.8 Å². The lowest BCUT2D eigenvalue weighted by Crippen LogP contribution is -2.24. The van der Waals surface area contributed by atoms with Crippen LogP contribution in [0, 0.1) is 6.92 Å². The summed E-state index contributed by atoms with van der Waals surface area (Å²) < 4.78 is 0. The molecule has 0 aliphatic heterocycles. The van der Waals surface area contributed by atoms with Crippen molar-refractivity contribution < 1.29 is 4.79 Å². The van der Waals surface area contributed by atoms with Gasteiger partial charge in [0.25, 0.3) is 0 Å². The molecule has 0 radical (unpaired) electrons. The van der Waals surface area contributed by atoms with E-state index in [1.54, 1.807) is 0 Å². The number of anilines is 1. The van der Waals surface area contributed by atoms with Crippen LogP contribution in [0.1, 0.15) is 22.3 Å². The lowest BCUT2D eigenvalue weighted by molar-refractivity contribution is -0.120. The largest absolute Gasteiger partial charge is 0.381 e. The van der Waals surface area contributed by atoms with Crippen LogP contribution in [0.25, 0.3) is 0 Å². The van der Waals surface area contributed by atoms with Crippen molar-refractivity contribution in [3.63, 3.8) is 0 Å². The molecule has 2 N–H and O–H groups in total. The van der Waals surface area contributed by atoms with Crippen LogP contribution in [0.3, 0.4) is 0 Å². The molecule has 0 fully saturated rings. The molecule has 4 heteroatoms. The van der Waals surface area contributed by atoms with E-state index in [2.05, 4.69) is 41.8 Å². The summed E-state index contributed by atoms with van der Waals surface area (Å²) in [5.74, 6) is 0.00502. The Hall–Kier alpha value is -2.78. The number of amides is 1. The normalized spacial score (nSPS) is 10.4.